The van der Waals surface area contributed by atoms with Crippen LogP contribution in [0.1, 0.15) is 26.3 Å². The molecule has 2 aromatic carbocycles. The zero-order chi connectivity index (χ0) is 15.6. The number of hydrogen-bond donors (Lipinski definition) is 0. The van der Waals surface area contributed by atoms with Crippen LogP contribution in [0.2, 0.25) is 0 Å². The Bertz CT molecular complexity index is 771. The van der Waals surface area contributed by atoms with E-state index in [-0.39, 0.29) is 5.41 Å². The molecule has 1 heterocycles. The first kappa shape index (κ1) is 14.5. The average Bonchev–Trinajstić information content (AvgIpc) is 2.55. The highest BCUT2D eigenvalue weighted by Crippen LogP contribution is 2.32. The van der Waals surface area contributed by atoms with E-state index in [1.54, 1.807) is 6.33 Å². The first-order chi connectivity index (χ1) is 10.6. The van der Waals surface area contributed by atoms with Crippen LogP contribution in [0.4, 0.5) is 0 Å². The minimum absolute atomic E-state index is 0.0778. The van der Waals surface area contributed by atoms with E-state index in [4.69, 9.17) is 0 Å². The summed E-state index contributed by atoms with van der Waals surface area (Å²) in [5, 5.41) is 0. The van der Waals surface area contributed by atoms with Crippen molar-refractivity contribution in [3.8, 4) is 22.5 Å². The Balaban J connectivity index is 2.11. The molecule has 0 amide bonds. The summed E-state index contributed by atoms with van der Waals surface area (Å²) in [6, 6.07) is 20.7. The van der Waals surface area contributed by atoms with Gasteiger partial charge in [0.1, 0.15) is 6.33 Å². The second-order valence-electron chi connectivity index (χ2n) is 6.45. The third-order valence-corrected chi connectivity index (χ3v) is 3.75. The van der Waals surface area contributed by atoms with Gasteiger partial charge in [-0.3, -0.25) is 0 Å². The fraction of sp³-hybridized carbons (Fsp3) is 0.200. The van der Waals surface area contributed by atoms with Gasteiger partial charge in [0.15, 0.2) is 0 Å². The molecule has 0 atom stereocenters. The maximum absolute atomic E-state index is 4.50. The molecule has 0 aliphatic carbocycles. The minimum Gasteiger partial charge on any atom is -0.236 e. The summed E-state index contributed by atoms with van der Waals surface area (Å²) in [5.41, 5.74) is 5.59. The van der Waals surface area contributed by atoms with E-state index < -0.39 is 0 Å². The summed E-state index contributed by atoms with van der Waals surface area (Å²) < 4.78 is 0. The van der Waals surface area contributed by atoms with Crippen molar-refractivity contribution in [2.75, 3.05) is 0 Å². The highest BCUT2D eigenvalue weighted by molar-refractivity contribution is 5.70. The molecule has 0 saturated carbocycles. The van der Waals surface area contributed by atoms with E-state index >= 15 is 0 Å². The summed E-state index contributed by atoms with van der Waals surface area (Å²) in [6.07, 6.45) is 1.65. The minimum atomic E-state index is 0.0778. The zero-order valence-electron chi connectivity index (χ0n) is 13.2. The monoisotopic (exact) mass is 288 g/mol. The molecule has 0 saturated heterocycles. The molecule has 0 radical (unpaired) electrons. The van der Waals surface area contributed by atoms with Gasteiger partial charge in [-0.05, 0) is 17.0 Å². The molecule has 0 aliphatic rings. The molecule has 3 aromatic rings. The molecule has 1 aromatic heterocycles. The van der Waals surface area contributed by atoms with Gasteiger partial charge in [0.05, 0.1) is 11.4 Å². The number of nitrogens with zero attached hydrogens (tertiary/aromatic N) is 2. The lowest BCUT2D eigenvalue weighted by Crippen LogP contribution is -2.12. The largest absolute Gasteiger partial charge is 0.236 e. The van der Waals surface area contributed by atoms with Gasteiger partial charge in [-0.1, -0.05) is 75.4 Å². The molecule has 0 N–H and O–H groups in total. The van der Waals surface area contributed by atoms with E-state index in [0.29, 0.717) is 0 Å². The van der Waals surface area contributed by atoms with Crippen molar-refractivity contribution in [3.05, 3.63) is 72.6 Å². The maximum Gasteiger partial charge on any atom is 0.116 e. The first-order valence-corrected chi connectivity index (χ1v) is 7.53. The SMILES string of the molecule is CC(C)(C)c1ccccc1-c1cc(-c2ccccc2)ncn1. The van der Waals surface area contributed by atoms with Gasteiger partial charge in [0, 0.05) is 11.1 Å². The standard InChI is InChI=1S/C20H20N2/c1-20(2,3)17-12-8-7-11-16(17)19-13-18(21-14-22-19)15-9-5-4-6-10-15/h4-14H,1-3H3. The Morgan fingerprint density at radius 3 is 2.09 bits per heavy atom. The molecule has 22 heavy (non-hydrogen) atoms. The Morgan fingerprint density at radius 1 is 0.727 bits per heavy atom. The molecule has 0 spiro atoms. The van der Waals surface area contributed by atoms with Crippen molar-refractivity contribution in [2.24, 2.45) is 0 Å². The van der Waals surface area contributed by atoms with Crippen molar-refractivity contribution in [2.45, 2.75) is 26.2 Å². The van der Waals surface area contributed by atoms with Crippen LogP contribution in [0.25, 0.3) is 22.5 Å². The van der Waals surface area contributed by atoms with E-state index in [0.717, 1.165) is 17.0 Å². The topological polar surface area (TPSA) is 25.8 Å². The summed E-state index contributed by atoms with van der Waals surface area (Å²) >= 11 is 0. The Labute approximate surface area is 131 Å². The van der Waals surface area contributed by atoms with Crippen molar-refractivity contribution in [1.29, 1.82) is 0 Å². The lowest BCUT2D eigenvalue weighted by atomic mass is 9.83. The highest BCUT2D eigenvalue weighted by atomic mass is 14.8. The van der Waals surface area contributed by atoms with Gasteiger partial charge in [-0.15, -0.1) is 0 Å². The molecule has 0 bridgehead atoms. The van der Waals surface area contributed by atoms with Crippen LogP contribution in [0.15, 0.2) is 67.0 Å². The quantitative estimate of drug-likeness (QED) is 0.655. The predicted molar refractivity (Wildman–Crippen MR) is 91.6 cm³/mol. The van der Waals surface area contributed by atoms with Crippen molar-refractivity contribution in [1.82, 2.24) is 9.97 Å². The molecule has 0 aliphatic heterocycles. The van der Waals surface area contributed by atoms with Crippen LogP contribution in [0, 0.1) is 0 Å². The van der Waals surface area contributed by atoms with Gasteiger partial charge in [-0.2, -0.15) is 0 Å². The van der Waals surface area contributed by atoms with Gasteiger partial charge in [-0.25, -0.2) is 9.97 Å². The third-order valence-electron chi connectivity index (χ3n) is 3.75. The number of rotatable bonds is 2. The molecule has 2 nitrogen and oxygen atoms in total. The van der Waals surface area contributed by atoms with E-state index in [1.807, 2.05) is 18.2 Å². The number of hydrogen-bond acceptors (Lipinski definition) is 2. The Kier molecular flexibility index (Phi) is 3.76. The average molecular weight is 288 g/mol. The zero-order valence-corrected chi connectivity index (χ0v) is 13.2. The fourth-order valence-corrected chi connectivity index (χ4v) is 2.63. The highest BCUT2D eigenvalue weighted by Gasteiger charge is 2.19. The van der Waals surface area contributed by atoms with Crippen molar-refractivity contribution in [3.63, 3.8) is 0 Å². The number of benzene rings is 2. The van der Waals surface area contributed by atoms with Crippen LogP contribution in [-0.2, 0) is 5.41 Å². The molecular weight excluding hydrogens is 268 g/mol. The Hall–Kier alpha value is -2.48. The fourth-order valence-electron chi connectivity index (χ4n) is 2.63. The van der Waals surface area contributed by atoms with Gasteiger partial charge in [0.25, 0.3) is 0 Å². The molecule has 2 heteroatoms. The van der Waals surface area contributed by atoms with Crippen molar-refractivity contribution >= 4 is 0 Å². The van der Waals surface area contributed by atoms with Crippen LogP contribution in [-0.4, -0.2) is 9.97 Å². The van der Waals surface area contributed by atoms with E-state index in [2.05, 4.69) is 73.2 Å². The van der Waals surface area contributed by atoms with Crippen LogP contribution in [0.3, 0.4) is 0 Å². The predicted octanol–water partition coefficient (Wildman–Crippen LogP) is 5.11. The normalized spacial score (nSPS) is 11.4. The molecule has 0 fully saturated rings. The summed E-state index contributed by atoms with van der Waals surface area (Å²) in [7, 11) is 0. The van der Waals surface area contributed by atoms with Crippen LogP contribution >= 0.6 is 0 Å². The third kappa shape index (κ3) is 2.91. The van der Waals surface area contributed by atoms with Crippen LogP contribution in [0.5, 0.6) is 0 Å². The lowest BCUT2D eigenvalue weighted by Gasteiger charge is -2.22. The molecule has 3 rings (SSSR count). The van der Waals surface area contributed by atoms with Crippen molar-refractivity contribution < 1.29 is 0 Å². The second kappa shape index (κ2) is 5.72. The van der Waals surface area contributed by atoms with Gasteiger partial charge >= 0.3 is 0 Å². The van der Waals surface area contributed by atoms with E-state index in [1.165, 1.54) is 11.1 Å². The number of aromatic nitrogens is 2. The smallest absolute Gasteiger partial charge is 0.116 e. The maximum atomic E-state index is 4.50. The second-order valence-corrected chi connectivity index (χ2v) is 6.45. The molecular formula is C20H20N2. The van der Waals surface area contributed by atoms with Gasteiger partial charge in [0.2, 0.25) is 0 Å². The summed E-state index contributed by atoms with van der Waals surface area (Å²) in [5.74, 6) is 0. The lowest BCUT2D eigenvalue weighted by molar-refractivity contribution is 0.591. The van der Waals surface area contributed by atoms with Crippen LogP contribution < -0.4 is 0 Å². The first-order valence-electron chi connectivity index (χ1n) is 7.53. The molecule has 110 valence electrons. The van der Waals surface area contributed by atoms with E-state index in [9.17, 15) is 0 Å². The summed E-state index contributed by atoms with van der Waals surface area (Å²) in [6.45, 7) is 6.68. The molecule has 0 unspecified atom stereocenters. The summed E-state index contributed by atoms with van der Waals surface area (Å²) in [4.78, 5) is 8.91. The Morgan fingerprint density at radius 2 is 1.36 bits per heavy atom. The van der Waals surface area contributed by atoms with Gasteiger partial charge < -0.3 is 0 Å².